The first kappa shape index (κ1) is 29.6. The highest BCUT2D eigenvalue weighted by molar-refractivity contribution is 7.88. The Morgan fingerprint density at radius 1 is 1.05 bits per heavy atom. The van der Waals surface area contributed by atoms with Crippen molar-refractivity contribution in [2.24, 2.45) is 0 Å². The molecule has 12 nitrogen and oxygen atoms in total. The number of aliphatic carboxylic acids is 1. The average molecular weight is 560 g/mol. The molecule has 0 saturated carbocycles. The van der Waals surface area contributed by atoms with Gasteiger partial charge in [-0.2, -0.15) is 0 Å². The lowest BCUT2D eigenvalue weighted by atomic mass is 9.98. The van der Waals surface area contributed by atoms with Crippen LogP contribution >= 0.6 is 0 Å². The first-order chi connectivity index (χ1) is 18.4. The third-order valence-electron chi connectivity index (χ3n) is 6.22. The van der Waals surface area contributed by atoms with Crippen molar-refractivity contribution >= 4 is 45.2 Å². The smallest absolute Gasteiger partial charge is 0.338 e. The van der Waals surface area contributed by atoms with Crippen LogP contribution in [0.4, 0.5) is 16.2 Å². The number of likely N-dealkylation sites (tertiary alicyclic amines) is 1. The molecule has 0 radical (unpaired) electrons. The Morgan fingerprint density at radius 3 is 2.36 bits per heavy atom. The van der Waals surface area contributed by atoms with Gasteiger partial charge in [0.15, 0.2) is 0 Å². The number of nitrogens with zero attached hydrogens (tertiary/aromatic N) is 2. The second kappa shape index (κ2) is 13.2. The van der Waals surface area contributed by atoms with E-state index in [1.54, 1.807) is 55.5 Å². The van der Waals surface area contributed by atoms with Gasteiger partial charge in [0.25, 0.3) is 0 Å². The van der Waals surface area contributed by atoms with Gasteiger partial charge in [-0.1, -0.05) is 36.4 Å². The Bertz CT molecular complexity index is 1300. The minimum atomic E-state index is -3.94. The summed E-state index contributed by atoms with van der Waals surface area (Å²) in [5, 5.41) is 12.9. The molecule has 1 aliphatic heterocycles. The molecule has 39 heavy (non-hydrogen) atoms. The second-order valence-electron chi connectivity index (χ2n) is 9.37. The number of hydrazine groups is 1. The lowest BCUT2D eigenvalue weighted by Crippen LogP contribution is -2.56. The standard InChI is InChI=1S/C26H33N5O7S/c1-18-10-6-7-14-21(18)27-26(36)28-31(19-11-4-3-5-12-19)23(32)17-22(29-39(2,37)38)25(35)30-15-9-8-13-20(30)16-24(33)34/h3-7,10-12,14,20,22,29H,8-9,13,15-17H2,1-2H3,(H,33,34)(H2,27,28,36). The van der Waals surface area contributed by atoms with Crippen LogP contribution in [0.2, 0.25) is 0 Å². The molecule has 2 aromatic carbocycles. The van der Waals surface area contributed by atoms with Gasteiger partial charge in [0.1, 0.15) is 6.04 Å². The Hall–Kier alpha value is -3.97. The van der Waals surface area contributed by atoms with Gasteiger partial charge in [-0.15, -0.1) is 0 Å². The van der Waals surface area contributed by atoms with Gasteiger partial charge in [-0.05, 0) is 49.9 Å². The van der Waals surface area contributed by atoms with Crippen LogP contribution in [-0.2, 0) is 24.4 Å². The summed E-state index contributed by atoms with van der Waals surface area (Å²) >= 11 is 0. The van der Waals surface area contributed by atoms with E-state index in [0.717, 1.165) is 23.2 Å². The first-order valence-electron chi connectivity index (χ1n) is 12.5. The number of carboxylic acids is 1. The van der Waals surface area contributed by atoms with E-state index in [1.807, 2.05) is 6.07 Å². The van der Waals surface area contributed by atoms with Crippen molar-refractivity contribution in [3.8, 4) is 0 Å². The number of nitrogens with one attached hydrogen (secondary N) is 3. The molecule has 2 atom stereocenters. The molecule has 1 fully saturated rings. The number of carbonyl (C=O) groups excluding carboxylic acids is 3. The largest absolute Gasteiger partial charge is 0.481 e. The molecule has 4 amide bonds. The van der Waals surface area contributed by atoms with Crippen molar-refractivity contribution in [2.75, 3.05) is 23.1 Å². The van der Waals surface area contributed by atoms with Crippen LogP contribution in [0.25, 0.3) is 0 Å². The van der Waals surface area contributed by atoms with Crippen LogP contribution in [0.5, 0.6) is 0 Å². The van der Waals surface area contributed by atoms with Crippen LogP contribution in [0, 0.1) is 6.92 Å². The Morgan fingerprint density at radius 2 is 1.72 bits per heavy atom. The van der Waals surface area contributed by atoms with Crippen LogP contribution in [0.1, 0.15) is 37.7 Å². The highest BCUT2D eigenvalue weighted by Gasteiger charge is 2.36. The Kier molecular flexibility index (Phi) is 10.0. The molecule has 1 heterocycles. The van der Waals surface area contributed by atoms with Gasteiger partial charge < -0.3 is 15.3 Å². The number of hydrogen-bond acceptors (Lipinski definition) is 6. The molecule has 0 aromatic heterocycles. The molecule has 0 aliphatic carbocycles. The van der Waals surface area contributed by atoms with E-state index in [2.05, 4.69) is 15.5 Å². The lowest BCUT2D eigenvalue weighted by Gasteiger charge is -2.37. The predicted molar refractivity (Wildman–Crippen MR) is 145 cm³/mol. The zero-order valence-corrected chi connectivity index (χ0v) is 22.6. The van der Waals surface area contributed by atoms with Crippen molar-refractivity contribution in [3.05, 3.63) is 60.2 Å². The van der Waals surface area contributed by atoms with Crippen LogP contribution in [-0.4, -0.2) is 67.1 Å². The fraction of sp³-hybridized carbons (Fsp3) is 0.385. The van der Waals surface area contributed by atoms with Crippen LogP contribution in [0.3, 0.4) is 0 Å². The topological polar surface area (TPSA) is 165 Å². The first-order valence-corrected chi connectivity index (χ1v) is 14.3. The van der Waals surface area contributed by atoms with E-state index in [0.29, 0.717) is 18.5 Å². The van der Waals surface area contributed by atoms with Gasteiger partial charge in [0, 0.05) is 18.3 Å². The Labute approximate surface area is 227 Å². The van der Waals surface area contributed by atoms with E-state index in [9.17, 15) is 32.7 Å². The summed E-state index contributed by atoms with van der Waals surface area (Å²) < 4.78 is 26.5. The summed E-state index contributed by atoms with van der Waals surface area (Å²) in [6.07, 6.45) is 1.76. The molecule has 13 heteroatoms. The average Bonchev–Trinajstić information content (AvgIpc) is 2.87. The monoisotopic (exact) mass is 559 g/mol. The minimum absolute atomic E-state index is 0.242. The zero-order valence-electron chi connectivity index (χ0n) is 21.8. The highest BCUT2D eigenvalue weighted by atomic mass is 32.2. The summed E-state index contributed by atoms with van der Waals surface area (Å²) in [6, 6.07) is 12.4. The van der Waals surface area contributed by atoms with E-state index in [1.165, 1.54) is 4.90 Å². The summed E-state index contributed by atoms with van der Waals surface area (Å²) in [5.41, 5.74) is 4.09. The number of sulfonamides is 1. The number of aryl methyl sites for hydroxylation is 1. The molecule has 2 aromatic rings. The van der Waals surface area contributed by atoms with Crippen LogP contribution < -0.4 is 20.5 Å². The van der Waals surface area contributed by atoms with E-state index in [4.69, 9.17) is 0 Å². The number of piperidine rings is 1. The molecule has 0 bridgehead atoms. The van der Waals surface area contributed by atoms with Crippen LogP contribution in [0.15, 0.2) is 54.6 Å². The second-order valence-corrected chi connectivity index (χ2v) is 11.2. The van der Waals surface area contributed by atoms with E-state index >= 15 is 0 Å². The molecule has 0 spiro atoms. The third-order valence-corrected chi connectivity index (χ3v) is 6.94. The summed E-state index contributed by atoms with van der Waals surface area (Å²) in [6.45, 7) is 2.05. The maximum Gasteiger partial charge on any atom is 0.338 e. The molecular weight excluding hydrogens is 526 g/mol. The molecule has 1 aliphatic rings. The van der Waals surface area contributed by atoms with Gasteiger partial charge in [-0.3, -0.25) is 14.4 Å². The number of urea groups is 1. The van der Waals surface area contributed by atoms with Gasteiger partial charge >= 0.3 is 12.0 Å². The van der Waals surface area contributed by atoms with Crippen molar-refractivity contribution < 1.29 is 32.7 Å². The maximum absolute atomic E-state index is 13.5. The SMILES string of the molecule is Cc1ccccc1NC(=O)NN(C(=O)CC(NS(C)(=O)=O)C(=O)N1CCCCC1CC(=O)O)c1ccccc1. The number of para-hydroxylation sites is 2. The molecular formula is C26H33N5O7S. The molecule has 4 N–H and O–H groups in total. The fourth-order valence-electron chi connectivity index (χ4n) is 4.42. The molecule has 210 valence electrons. The van der Waals surface area contributed by atoms with Crippen molar-refractivity contribution in [3.63, 3.8) is 0 Å². The number of hydrogen-bond donors (Lipinski definition) is 4. The number of anilines is 2. The number of rotatable bonds is 9. The van der Waals surface area contributed by atoms with Crippen molar-refractivity contribution in [1.29, 1.82) is 0 Å². The van der Waals surface area contributed by atoms with E-state index < -0.39 is 52.3 Å². The molecule has 1 saturated heterocycles. The Balaban J connectivity index is 1.85. The maximum atomic E-state index is 13.5. The lowest BCUT2D eigenvalue weighted by molar-refractivity contribution is -0.143. The predicted octanol–water partition coefficient (Wildman–Crippen LogP) is 2.23. The summed E-state index contributed by atoms with van der Waals surface area (Å²) in [5.74, 6) is -2.54. The quantitative estimate of drug-likeness (QED) is 0.342. The van der Waals surface area contributed by atoms with Crippen molar-refractivity contribution in [1.82, 2.24) is 15.0 Å². The number of amides is 4. The third kappa shape index (κ3) is 8.79. The normalized spacial score (nSPS) is 16.2. The fourth-order valence-corrected chi connectivity index (χ4v) is 5.12. The highest BCUT2D eigenvalue weighted by Crippen LogP contribution is 2.22. The van der Waals surface area contributed by atoms with E-state index in [-0.39, 0.29) is 18.7 Å². The number of carbonyl (C=O) groups is 4. The summed E-state index contributed by atoms with van der Waals surface area (Å²) in [7, 11) is -3.94. The van der Waals surface area contributed by atoms with Gasteiger partial charge in [0.2, 0.25) is 21.8 Å². The van der Waals surface area contributed by atoms with Gasteiger partial charge in [-0.25, -0.2) is 28.4 Å². The zero-order chi connectivity index (χ0) is 28.6. The summed E-state index contributed by atoms with van der Waals surface area (Å²) in [4.78, 5) is 52.5. The minimum Gasteiger partial charge on any atom is -0.481 e. The van der Waals surface area contributed by atoms with Crippen molar-refractivity contribution in [2.45, 2.75) is 51.1 Å². The molecule has 2 unspecified atom stereocenters. The molecule has 3 rings (SSSR count). The number of benzene rings is 2. The number of carboxylic acid groups (broad SMARTS) is 1. The van der Waals surface area contributed by atoms with Gasteiger partial charge in [0.05, 0.1) is 24.8 Å².